The average Bonchev–Trinajstić information content (AvgIpc) is 2.73. The molecule has 18 heavy (non-hydrogen) atoms. The van der Waals surface area contributed by atoms with Crippen LogP contribution in [0.3, 0.4) is 0 Å². The molecule has 2 aromatic rings. The number of carbonyl (C=O) groups is 1. The van der Waals surface area contributed by atoms with E-state index in [1.165, 1.54) is 16.8 Å². The third-order valence-corrected chi connectivity index (χ3v) is 2.39. The highest BCUT2D eigenvalue weighted by molar-refractivity contribution is 5.88. The van der Waals surface area contributed by atoms with Gasteiger partial charge in [-0.2, -0.15) is 5.10 Å². The quantitative estimate of drug-likeness (QED) is 0.784. The van der Waals surface area contributed by atoms with Crippen molar-refractivity contribution in [3.05, 3.63) is 47.5 Å². The van der Waals surface area contributed by atoms with Gasteiger partial charge in [-0.3, -0.25) is 0 Å². The zero-order valence-corrected chi connectivity index (χ0v) is 10.2. The first-order chi connectivity index (χ1) is 8.61. The predicted octanol–water partition coefficient (Wildman–Crippen LogP) is 2.50. The van der Waals surface area contributed by atoms with Crippen molar-refractivity contribution in [2.45, 2.75) is 13.8 Å². The fourth-order valence-electron chi connectivity index (χ4n) is 1.63. The molecule has 0 amide bonds. The van der Waals surface area contributed by atoms with Crippen molar-refractivity contribution in [3.63, 3.8) is 0 Å². The Bertz CT molecular complexity index is 561. The molecule has 0 bridgehead atoms. The molecular weight excluding hydrogens is 235 g/mol. The maximum Gasteiger partial charge on any atom is 0.357 e. The van der Waals surface area contributed by atoms with Crippen LogP contribution >= 0.6 is 0 Å². The summed E-state index contributed by atoms with van der Waals surface area (Å²) in [4.78, 5) is 11.8. The lowest BCUT2D eigenvalue weighted by Crippen LogP contribution is -2.11. The summed E-state index contributed by atoms with van der Waals surface area (Å²) in [5.74, 6) is -0.775. The minimum atomic E-state index is -0.442. The van der Waals surface area contributed by atoms with Gasteiger partial charge in [-0.25, -0.2) is 13.9 Å². The molecule has 0 spiro atoms. The van der Waals surface area contributed by atoms with Gasteiger partial charge in [0.05, 0.1) is 18.0 Å². The second-order valence-corrected chi connectivity index (χ2v) is 3.78. The van der Waals surface area contributed by atoms with Crippen molar-refractivity contribution in [2.24, 2.45) is 0 Å². The summed E-state index contributed by atoms with van der Waals surface area (Å²) in [5, 5.41) is 4.21. The van der Waals surface area contributed by atoms with E-state index >= 15 is 0 Å². The van der Waals surface area contributed by atoms with E-state index in [9.17, 15) is 9.18 Å². The molecule has 0 unspecified atom stereocenters. The van der Waals surface area contributed by atoms with Gasteiger partial charge in [0, 0.05) is 0 Å². The van der Waals surface area contributed by atoms with E-state index in [1.807, 2.05) is 0 Å². The van der Waals surface area contributed by atoms with Crippen molar-refractivity contribution in [2.75, 3.05) is 6.61 Å². The number of esters is 1. The molecule has 1 aromatic heterocycles. The van der Waals surface area contributed by atoms with Crippen LogP contribution in [0.5, 0.6) is 0 Å². The Labute approximate surface area is 104 Å². The molecule has 0 saturated carbocycles. The second-order valence-electron chi connectivity index (χ2n) is 3.78. The number of hydrogen-bond donors (Lipinski definition) is 0. The Kier molecular flexibility index (Phi) is 3.41. The largest absolute Gasteiger partial charge is 0.461 e. The Morgan fingerprint density at radius 1 is 1.39 bits per heavy atom. The summed E-state index contributed by atoms with van der Waals surface area (Å²) in [7, 11) is 0. The van der Waals surface area contributed by atoms with Crippen LogP contribution in [0.1, 0.15) is 23.1 Å². The summed E-state index contributed by atoms with van der Waals surface area (Å²) in [6.45, 7) is 3.82. The number of carbonyl (C=O) groups excluding carboxylic acids is 1. The molecule has 0 fully saturated rings. The number of aromatic nitrogens is 2. The van der Waals surface area contributed by atoms with Gasteiger partial charge in [0.1, 0.15) is 5.82 Å². The van der Waals surface area contributed by atoms with E-state index in [4.69, 9.17) is 4.74 Å². The van der Waals surface area contributed by atoms with Gasteiger partial charge < -0.3 is 4.74 Å². The lowest BCUT2D eigenvalue weighted by atomic mass is 10.3. The highest BCUT2D eigenvalue weighted by Crippen LogP contribution is 2.14. The van der Waals surface area contributed by atoms with Gasteiger partial charge in [-0.15, -0.1) is 0 Å². The van der Waals surface area contributed by atoms with Crippen LogP contribution in [-0.4, -0.2) is 22.4 Å². The molecular formula is C13H13FN2O2. The molecule has 0 aliphatic heterocycles. The van der Waals surface area contributed by atoms with Crippen LogP contribution < -0.4 is 0 Å². The Morgan fingerprint density at radius 3 is 2.67 bits per heavy atom. The van der Waals surface area contributed by atoms with E-state index in [0.717, 1.165) is 0 Å². The average molecular weight is 248 g/mol. The van der Waals surface area contributed by atoms with Gasteiger partial charge >= 0.3 is 5.97 Å². The van der Waals surface area contributed by atoms with Crippen LogP contribution in [0.15, 0.2) is 30.3 Å². The Balaban J connectivity index is 2.44. The number of nitrogens with zero attached hydrogens (tertiary/aromatic N) is 2. The maximum absolute atomic E-state index is 12.9. The molecule has 0 aliphatic carbocycles. The topological polar surface area (TPSA) is 44.1 Å². The van der Waals surface area contributed by atoms with Gasteiger partial charge in [0.15, 0.2) is 5.69 Å². The van der Waals surface area contributed by atoms with Crippen LogP contribution in [-0.2, 0) is 4.74 Å². The number of hydrogen-bond acceptors (Lipinski definition) is 3. The van der Waals surface area contributed by atoms with Crippen LogP contribution in [0.2, 0.25) is 0 Å². The van der Waals surface area contributed by atoms with E-state index in [0.29, 0.717) is 23.7 Å². The first kappa shape index (κ1) is 12.3. The van der Waals surface area contributed by atoms with Crippen molar-refractivity contribution >= 4 is 5.97 Å². The smallest absolute Gasteiger partial charge is 0.357 e. The summed E-state index contributed by atoms with van der Waals surface area (Å²) in [6, 6.07) is 7.40. The second kappa shape index (κ2) is 5.00. The number of ether oxygens (including phenoxy) is 1. The molecule has 5 heteroatoms. The van der Waals surface area contributed by atoms with E-state index < -0.39 is 5.97 Å². The van der Waals surface area contributed by atoms with E-state index in [1.54, 1.807) is 32.0 Å². The lowest BCUT2D eigenvalue weighted by molar-refractivity contribution is 0.0515. The first-order valence-corrected chi connectivity index (χ1v) is 5.61. The molecule has 94 valence electrons. The van der Waals surface area contributed by atoms with Crippen molar-refractivity contribution in [3.8, 4) is 5.69 Å². The Hall–Kier alpha value is -2.17. The third-order valence-electron chi connectivity index (χ3n) is 2.39. The fraction of sp³-hybridized carbons (Fsp3) is 0.231. The minimum absolute atomic E-state index is 0.298. The van der Waals surface area contributed by atoms with E-state index in [-0.39, 0.29) is 5.82 Å². The van der Waals surface area contributed by atoms with Gasteiger partial charge in [0.2, 0.25) is 0 Å². The van der Waals surface area contributed by atoms with Crippen molar-refractivity contribution in [1.82, 2.24) is 9.78 Å². The first-order valence-electron chi connectivity index (χ1n) is 5.61. The van der Waals surface area contributed by atoms with Crippen LogP contribution in [0.4, 0.5) is 4.39 Å². The minimum Gasteiger partial charge on any atom is -0.461 e. The molecule has 1 aromatic carbocycles. The molecule has 4 nitrogen and oxygen atoms in total. The molecule has 0 atom stereocenters. The van der Waals surface area contributed by atoms with Gasteiger partial charge in [-0.1, -0.05) is 0 Å². The zero-order chi connectivity index (χ0) is 13.1. The number of benzene rings is 1. The zero-order valence-electron chi connectivity index (χ0n) is 10.2. The van der Waals surface area contributed by atoms with Gasteiger partial charge in [-0.05, 0) is 44.2 Å². The van der Waals surface area contributed by atoms with Crippen molar-refractivity contribution < 1.29 is 13.9 Å². The predicted molar refractivity (Wildman–Crippen MR) is 64.2 cm³/mol. The maximum atomic E-state index is 12.9. The van der Waals surface area contributed by atoms with Gasteiger partial charge in [0.25, 0.3) is 0 Å². The summed E-state index contributed by atoms with van der Waals surface area (Å²) < 4.78 is 19.3. The standard InChI is InChI=1S/C13H13FN2O2/c1-3-18-13(17)12-8-9(2)15-16(12)11-6-4-10(14)5-7-11/h4-8H,3H2,1-2H3. The third kappa shape index (κ3) is 2.40. The number of aryl methyl sites for hydroxylation is 1. The highest BCUT2D eigenvalue weighted by Gasteiger charge is 2.16. The fourth-order valence-corrected chi connectivity index (χ4v) is 1.63. The molecule has 1 heterocycles. The van der Waals surface area contributed by atoms with Crippen molar-refractivity contribution in [1.29, 1.82) is 0 Å². The summed E-state index contributed by atoms with van der Waals surface area (Å²) in [6.07, 6.45) is 0. The molecule has 0 saturated heterocycles. The van der Waals surface area contributed by atoms with E-state index in [2.05, 4.69) is 5.10 Å². The summed E-state index contributed by atoms with van der Waals surface area (Å²) >= 11 is 0. The number of rotatable bonds is 3. The Morgan fingerprint density at radius 2 is 2.06 bits per heavy atom. The monoisotopic (exact) mass is 248 g/mol. The normalized spacial score (nSPS) is 10.4. The molecule has 2 rings (SSSR count). The van der Waals surface area contributed by atoms with Crippen LogP contribution in [0, 0.1) is 12.7 Å². The SMILES string of the molecule is CCOC(=O)c1cc(C)nn1-c1ccc(F)cc1. The summed E-state index contributed by atoms with van der Waals surface area (Å²) in [5.41, 5.74) is 1.65. The number of halogens is 1. The highest BCUT2D eigenvalue weighted by atomic mass is 19.1. The lowest BCUT2D eigenvalue weighted by Gasteiger charge is -2.06. The molecule has 0 N–H and O–H groups in total. The molecule has 0 radical (unpaired) electrons. The molecule has 0 aliphatic rings. The van der Waals surface area contributed by atoms with Crippen LogP contribution in [0.25, 0.3) is 5.69 Å².